The fourth-order valence-electron chi connectivity index (χ4n) is 1.69. The van der Waals surface area contributed by atoms with Crippen LogP contribution in [0.2, 0.25) is 0 Å². The predicted molar refractivity (Wildman–Crippen MR) is 67.3 cm³/mol. The number of esters is 1. The van der Waals surface area contributed by atoms with Crippen molar-refractivity contribution >= 4 is 5.97 Å². The Hall–Kier alpha value is -2.44. The van der Waals surface area contributed by atoms with E-state index in [1.54, 1.807) is 18.2 Å². The first-order chi connectivity index (χ1) is 9.89. The van der Waals surface area contributed by atoms with Crippen molar-refractivity contribution < 1.29 is 22.7 Å². The molecule has 0 aromatic carbocycles. The van der Waals surface area contributed by atoms with Crippen LogP contribution < -0.4 is 0 Å². The number of rotatable bonds is 3. The molecule has 2 aromatic rings. The topological polar surface area (TPSA) is 52.1 Å². The number of alkyl halides is 3. The van der Waals surface area contributed by atoms with Gasteiger partial charge < -0.3 is 4.74 Å². The number of ether oxygens (including phenoxy) is 1. The van der Waals surface area contributed by atoms with Gasteiger partial charge in [-0.2, -0.15) is 13.2 Å². The first-order valence-electron chi connectivity index (χ1n) is 6.03. The first kappa shape index (κ1) is 15.0. The number of carbonyl (C=O) groups is 1. The molecule has 7 heteroatoms. The predicted octanol–water partition coefficient (Wildman–Crippen LogP) is 3.41. The van der Waals surface area contributed by atoms with Crippen LogP contribution in [0, 0.1) is 0 Å². The van der Waals surface area contributed by atoms with Gasteiger partial charge in [-0.3, -0.25) is 4.98 Å². The lowest BCUT2D eigenvalue weighted by atomic mass is 10.2. The summed E-state index contributed by atoms with van der Waals surface area (Å²) in [6, 6.07) is 6.88. The highest BCUT2D eigenvalue weighted by molar-refractivity contribution is 5.89. The average Bonchev–Trinajstić information content (AvgIpc) is 2.47. The maximum absolute atomic E-state index is 12.8. The normalized spacial score (nSPS) is 12.8. The SMILES string of the molecule is C[C@H](OC(=O)c1ncccc1C(F)(F)F)c1ccccn1. The van der Waals surface area contributed by atoms with Crippen molar-refractivity contribution in [3.8, 4) is 0 Å². The second-order valence-corrected chi connectivity index (χ2v) is 4.20. The van der Waals surface area contributed by atoms with E-state index in [0.717, 1.165) is 18.3 Å². The van der Waals surface area contributed by atoms with Gasteiger partial charge in [-0.05, 0) is 31.2 Å². The van der Waals surface area contributed by atoms with Gasteiger partial charge in [0.05, 0.1) is 11.3 Å². The van der Waals surface area contributed by atoms with Crippen molar-refractivity contribution in [3.05, 3.63) is 59.7 Å². The fourth-order valence-corrected chi connectivity index (χ4v) is 1.69. The van der Waals surface area contributed by atoms with Gasteiger partial charge in [0.15, 0.2) is 5.69 Å². The maximum Gasteiger partial charge on any atom is 0.418 e. The molecule has 0 amide bonds. The Kier molecular flexibility index (Phi) is 4.21. The minimum Gasteiger partial charge on any atom is -0.451 e. The monoisotopic (exact) mass is 296 g/mol. The highest BCUT2D eigenvalue weighted by atomic mass is 19.4. The highest BCUT2D eigenvalue weighted by Gasteiger charge is 2.36. The number of pyridine rings is 2. The molecule has 110 valence electrons. The molecule has 4 nitrogen and oxygen atoms in total. The zero-order valence-corrected chi connectivity index (χ0v) is 11.0. The molecule has 0 aliphatic heterocycles. The lowest BCUT2D eigenvalue weighted by Crippen LogP contribution is -2.18. The fraction of sp³-hybridized carbons (Fsp3) is 0.214. The van der Waals surface area contributed by atoms with E-state index in [1.807, 2.05) is 0 Å². The minimum atomic E-state index is -4.67. The molecule has 0 saturated carbocycles. The molecule has 0 radical (unpaired) electrons. The standard InChI is InChI=1S/C14H11F3N2O2/c1-9(11-6-2-3-7-18-11)21-13(20)12-10(14(15,16)17)5-4-8-19-12/h2-9H,1H3/t9-/m0/s1. The molecule has 0 unspecified atom stereocenters. The van der Waals surface area contributed by atoms with Crippen molar-refractivity contribution in [1.29, 1.82) is 0 Å². The summed E-state index contributed by atoms with van der Waals surface area (Å²) in [5.41, 5.74) is -1.44. The third-order valence-corrected chi connectivity index (χ3v) is 2.69. The van der Waals surface area contributed by atoms with E-state index in [0.29, 0.717) is 5.69 Å². The summed E-state index contributed by atoms with van der Waals surface area (Å²) in [5.74, 6) is -1.14. The van der Waals surface area contributed by atoms with Crippen LogP contribution >= 0.6 is 0 Å². The number of nitrogens with zero attached hydrogens (tertiary/aromatic N) is 2. The highest BCUT2D eigenvalue weighted by Crippen LogP contribution is 2.31. The molecule has 21 heavy (non-hydrogen) atoms. The van der Waals surface area contributed by atoms with E-state index < -0.39 is 29.5 Å². The van der Waals surface area contributed by atoms with Crippen LogP contribution in [0.5, 0.6) is 0 Å². The molecule has 0 aliphatic carbocycles. The lowest BCUT2D eigenvalue weighted by Gasteiger charge is -2.14. The number of aromatic nitrogens is 2. The molecule has 0 saturated heterocycles. The van der Waals surface area contributed by atoms with Crippen LogP contribution in [0.15, 0.2) is 42.7 Å². The molecule has 0 aliphatic rings. The third kappa shape index (κ3) is 3.56. The molecular formula is C14H11F3N2O2. The summed E-state index contributed by atoms with van der Waals surface area (Å²) < 4.78 is 43.4. The van der Waals surface area contributed by atoms with Gasteiger partial charge in [0.25, 0.3) is 0 Å². The Morgan fingerprint density at radius 3 is 2.48 bits per heavy atom. The van der Waals surface area contributed by atoms with Crippen LogP contribution in [0.3, 0.4) is 0 Å². The number of carbonyl (C=O) groups excluding carboxylic acids is 1. The van der Waals surface area contributed by atoms with E-state index in [2.05, 4.69) is 9.97 Å². The summed E-state index contributed by atoms with van der Waals surface area (Å²) in [6.07, 6.45) is -2.84. The van der Waals surface area contributed by atoms with Crippen molar-refractivity contribution in [2.75, 3.05) is 0 Å². The smallest absolute Gasteiger partial charge is 0.418 e. The Morgan fingerprint density at radius 2 is 1.86 bits per heavy atom. The van der Waals surface area contributed by atoms with Gasteiger partial charge in [0, 0.05) is 12.4 Å². The van der Waals surface area contributed by atoms with Gasteiger partial charge in [-0.15, -0.1) is 0 Å². The molecule has 0 spiro atoms. The molecular weight excluding hydrogens is 285 g/mol. The van der Waals surface area contributed by atoms with Crippen LogP contribution in [-0.2, 0) is 10.9 Å². The van der Waals surface area contributed by atoms with Crippen LogP contribution in [0.4, 0.5) is 13.2 Å². The van der Waals surface area contributed by atoms with E-state index >= 15 is 0 Å². The Morgan fingerprint density at radius 1 is 1.14 bits per heavy atom. The summed E-state index contributed by atoms with van der Waals surface area (Å²) in [7, 11) is 0. The van der Waals surface area contributed by atoms with Crippen molar-refractivity contribution in [2.45, 2.75) is 19.2 Å². The number of hydrogen-bond acceptors (Lipinski definition) is 4. The molecule has 2 aromatic heterocycles. The molecule has 1 atom stereocenters. The van der Waals surface area contributed by atoms with Crippen molar-refractivity contribution in [1.82, 2.24) is 9.97 Å². The van der Waals surface area contributed by atoms with Gasteiger partial charge in [0.1, 0.15) is 6.10 Å². The Labute approximate surface area is 118 Å². The van der Waals surface area contributed by atoms with Gasteiger partial charge in [-0.25, -0.2) is 9.78 Å². The van der Waals surface area contributed by atoms with E-state index in [1.165, 1.54) is 13.1 Å². The quantitative estimate of drug-likeness (QED) is 0.814. The van der Waals surface area contributed by atoms with E-state index in [9.17, 15) is 18.0 Å². The summed E-state index contributed by atoms with van der Waals surface area (Å²) in [5, 5.41) is 0. The lowest BCUT2D eigenvalue weighted by molar-refractivity contribution is -0.138. The van der Waals surface area contributed by atoms with E-state index in [-0.39, 0.29) is 0 Å². The second kappa shape index (κ2) is 5.90. The van der Waals surface area contributed by atoms with Crippen LogP contribution in [0.25, 0.3) is 0 Å². The maximum atomic E-state index is 12.8. The molecule has 2 rings (SSSR count). The molecule has 0 N–H and O–H groups in total. The average molecular weight is 296 g/mol. The summed E-state index contributed by atoms with van der Waals surface area (Å²) >= 11 is 0. The van der Waals surface area contributed by atoms with Crippen LogP contribution in [0.1, 0.15) is 34.8 Å². The Bertz CT molecular complexity index is 630. The van der Waals surface area contributed by atoms with Gasteiger partial charge in [0.2, 0.25) is 0 Å². The number of hydrogen-bond donors (Lipinski definition) is 0. The van der Waals surface area contributed by atoms with Crippen molar-refractivity contribution in [3.63, 3.8) is 0 Å². The Balaban J connectivity index is 2.22. The molecule has 0 bridgehead atoms. The zero-order valence-electron chi connectivity index (χ0n) is 11.0. The van der Waals surface area contributed by atoms with Crippen LogP contribution in [-0.4, -0.2) is 15.9 Å². The molecule has 0 fully saturated rings. The second-order valence-electron chi connectivity index (χ2n) is 4.20. The van der Waals surface area contributed by atoms with Gasteiger partial charge >= 0.3 is 12.1 Å². The molecule has 2 heterocycles. The largest absolute Gasteiger partial charge is 0.451 e. The summed E-state index contributed by atoms with van der Waals surface area (Å²) in [4.78, 5) is 19.3. The first-order valence-corrected chi connectivity index (χ1v) is 6.03. The van der Waals surface area contributed by atoms with Crippen molar-refractivity contribution in [2.24, 2.45) is 0 Å². The minimum absolute atomic E-state index is 0.440. The zero-order chi connectivity index (χ0) is 15.5. The van der Waals surface area contributed by atoms with E-state index in [4.69, 9.17) is 4.74 Å². The summed E-state index contributed by atoms with van der Waals surface area (Å²) in [6.45, 7) is 1.52. The third-order valence-electron chi connectivity index (χ3n) is 2.69. The van der Waals surface area contributed by atoms with Gasteiger partial charge in [-0.1, -0.05) is 6.07 Å². The number of halogens is 3.